The maximum atomic E-state index is 13.9. The van der Waals surface area contributed by atoms with Crippen molar-refractivity contribution in [1.82, 2.24) is 9.36 Å². The van der Waals surface area contributed by atoms with Crippen LogP contribution in [0.15, 0.2) is 27.4 Å². The Morgan fingerprint density at radius 1 is 1.50 bits per heavy atom. The van der Waals surface area contributed by atoms with Gasteiger partial charge in [-0.3, -0.25) is 0 Å². The largest absolute Gasteiger partial charge is 0.324 e. The second kappa shape index (κ2) is 5.77. The van der Waals surface area contributed by atoms with Gasteiger partial charge in [-0.15, -0.1) is 0 Å². The van der Waals surface area contributed by atoms with Gasteiger partial charge in [0.2, 0.25) is 0 Å². The minimum Gasteiger partial charge on any atom is -0.324 e. The van der Waals surface area contributed by atoms with Gasteiger partial charge in [0.25, 0.3) is 0 Å². The van der Waals surface area contributed by atoms with Crippen molar-refractivity contribution in [3.05, 3.63) is 35.4 Å². The quantitative estimate of drug-likeness (QED) is 0.934. The van der Waals surface area contributed by atoms with E-state index in [1.54, 1.807) is 6.07 Å². The number of halogens is 1. The fourth-order valence-electron chi connectivity index (χ4n) is 1.40. The van der Waals surface area contributed by atoms with Crippen molar-refractivity contribution in [2.24, 2.45) is 5.73 Å². The fraction of sp³-hybridized carbons (Fsp3) is 0.333. The summed E-state index contributed by atoms with van der Waals surface area (Å²) in [7, 11) is 0. The number of rotatable bonds is 4. The van der Waals surface area contributed by atoms with Gasteiger partial charge in [0, 0.05) is 12.5 Å². The van der Waals surface area contributed by atoms with Gasteiger partial charge in [-0.1, -0.05) is 24.8 Å². The Balaban J connectivity index is 2.19. The highest BCUT2D eigenvalue weighted by Gasteiger charge is 2.10. The third-order valence-electron chi connectivity index (χ3n) is 2.44. The van der Waals surface area contributed by atoms with Crippen molar-refractivity contribution in [2.45, 2.75) is 35.5 Å². The summed E-state index contributed by atoms with van der Waals surface area (Å²) < 4.78 is 18.8. The van der Waals surface area contributed by atoms with Crippen LogP contribution in [0.5, 0.6) is 0 Å². The molecule has 0 spiro atoms. The molecule has 0 aliphatic heterocycles. The Kier molecular flexibility index (Phi) is 4.31. The van der Waals surface area contributed by atoms with Crippen molar-refractivity contribution >= 4 is 23.3 Å². The highest BCUT2D eigenvalue weighted by atomic mass is 32.2. The molecule has 0 fully saturated rings. The molecule has 0 saturated heterocycles. The summed E-state index contributed by atoms with van der Waals surface area (Å²) in [6, 6.07) is 4.91. The number of hydrogen-bond acceptors (Lipinski definition) is 5. The zero-order valence-corrected chi connectivity index (χ0v) is 11.8. The van der Waals surface area contributed by atoms with Gasteiger partial charge in [-0.05, 0) is 36.2 Å². The summed E-state index contributed by atoms with van der Waals surface area (Å²) in [5.74, 6) is 0.540. The molecule has 0 radical (unpaired) electrons. The molecule has 1 heterocycles. The maximum absolute atomic E-state index is 13.9. The van der Waals surface area contributed by atoms with E-state index in [-0.39, 0.29) is 11.9 Å². The molecule has 0 aliphatic carbocycles. The predicted molar refractivity (Wildman–Crippen MR) is 72.4 cm³/mol. The number of nitrogens with two attached hydrogens (primary N) is 1. The van der Waals surface area contributed by atoms with E-state index in [9.17, 15) is 4.39 Å². The SMILES string of the molecule is CCc1nsc(Sc2ccc([C@H](C)N)cc2F)n1. The summed E-state index contributed by atoms with van der Waals surface area (Å²) in [5, 5.41) is 0. The lowest BCUT2D eigenvalue weighted by atomic mass is 10.1. The Morgan fingerprint density at radius 3 is 2.83 bits per heavy atom. The lowest BCUT2D eigenvalue weighted by Gasteiger charge is -2.07. The zero-order chi connectivity index (χ0) is 13.1. The highest BCUT2D eigenvalue weighted by molar-refractivity contribution is 8.01. The molecule has 0 unspecified atom stereocenters. The van der Waals surface area contributed by atoms with Crippen LogP contribution in [0.3, 0.4) is 0 Å². The zero-order valence-electron chi connectivity index (χ0n) is 10.2. The molecule has 2 rings (SSSR count). The minimum atomic E-state index is -0.261. The first-order chi connectivity index (χ1) is 8.60. The van der Waals surface area contributed by atoms with E-state index in [4.69, 9.17) is 5.73 Å². The summed E-state index contributed by atoms with van der Waals surface area (Å²) in [4.78, 5) is 4.86. The van der Waals surface area contributed by atoms with Crippen molar-refractivity contribution in [2.75, 3.05) is 0 Å². The second-order valence-corrected chi connectivity index (χ2v) is 5.95. The first-order valence-electron chi connectivity index (χ1n) is 5.65. The lowest BCUT2D eigenvalue weighted by Crippen LogP contribution is -2.05. The van der Waals surface area contributed by atoms with Crippen LogP contribution >= 0.6 is 23.3 Å². The third-order valence-corrected chi connectivity index (χ3v) is 4.28. The first-order valence-corrected chi connectivity index (χ1v) is 7.24. The first kappa shape index (κ1) is 13.5. The number of nitrogens with zero attached hydrogens (tertiary/aromatic N) is 2. The Morgan fingerprint density at radius 2 is 2.28 bits per heavy atom. The van der Waals surface area contributed by atoms with Crippen LogP contribution in [0.2, 0.25) is 0 Å². The molecular weight excluding hydrogens is 269 g/mol. The molecule has 18 heavy (non-hydrogen) atoms. The lowest BCUT2D eigenvalue weighted by molar-refractivity contribution is 0.596. The summed E-state index contributed by atoms with van der Waals surface area (Å²) in [5.41, 5.74) is 6.51. The van der Waals surface area contributed by atoms with Gasteiger partial charge in [-0.2, -0.15) is 4.37 Å². The molecular formula is C12H14FN3S2. The predicted octanol–water partition coefficient (Wildman–Crippen LogP) is 3.41. The summed E-state index contributed by atoms with van der Waals surface area (Å²) >= 11 is 2.60. The molecule has 0 amide bonds. The maximum Gasteiger partial charge on any atom is 0.174 e. The molecule has 3 nitrogen and oxygen atoms in total. The van der Waals surface area contributed by atoms with Crippen LogP contribution in [-0.4, -0.2) is 9.36 Å². The molecule has 1 aromatic carbocycles. The fourth-order valence-corrected chi connectivity index (χ4v) is 3.06. The van der Waals surface area contributed by atoms with E-state index in [0.29, 0.717) is 4.90 Å². The van der Waals surface area contributed by atoms with Crippen molar-refractivity contribution in [1.29, 1.82) is 0 Å². The van der Waals surface area contributed by atoms with Gasteiger partial charge >= 0.3 is 0 Å². The van der Waals surface area contributed by atoms with Crippen LogP contribution in [0.1, 0.15) is 31.3 Å². The smallest absolute Gasteiger partial charge is 0.174 e. The standard InChI is InChI=1S/C12H14FN3S2/c1-3-11-15-12(18-16-11)17-10-5-4-8(7(2)14)6-9(10)13/h4-7H,3,14H2,1-2H3/t7-/m0/s1. The average Bonchev–Trinajstić information content (AvgIpc) is 2.79. The number of hydrogen-bond donors (Lipinski definition) is 1. The minimum absolute atomic E-state index is 0.160. The van der Waals surface area contributed by atoms with Gasteiger partial charge in [-0.25, -0.2) is 9.37 Å². The summed E-state index contributed by atoms with van der Waals surface area (Å²) in [6.45, 7) is 3.83. The van der Waals surface area contributed by atoms with Gasteiger partial charge < -0.3 is 5.73 Å². The molecule has 0 saturated carbocycles. The molecule has 2 aromatic rings. The van der Waals surface area contributed by atoms with E-state index in [1.165, 1.54) is 29.4 Å². The van der Waals surface area contributed by atoms with Crippen LogP contribution < -0.4 is 5.73 Å². The van der Waals surface area contributed by atoms with Crippen LogP contribution in [0.25, 0.3) is 0 Å². The van der Waals surface area contributed by atoms with E-state index >= 15 is 0 Å². The molecule has 96 valence electrons. The highest BCUT2D eigenvalue weighted by Crippen LogP contribution is 2.32. The average molecular weight is 283 g/mol. The Labute approximate surface area is 114 Å². The van der Waals surface area contributed by atoms with Crippen LogP contribution in [0.4, 0.5) is 4.39 Å². The van der Waals surface area contributed by atoms with E-state index < -0.39 is 0 Å². The molecule has 1 aromatic heterocycles. The molecule has 0 aliphatic rings. The Bertz CT molecular complexity index is 540. The van der Waals surface area contributed by atoms with Crippen molar-refractivity contribution in [3.63, 3.8) is 0 Å². The molecule has 2 N–H and O–H groups in total. The number of benzene rings is 1. The van der Waals surface area contributed by atoms with E-state index in [1.807, 2.05) is 19.9 Å². The molecule has 1 atom stereocenters. The van der Waals surface area contributed by atoms with Gasteiger partial charge in [0.1, 0.15) is 11.6 Å². The van der Waals surface area contributed by atoms with Crippen LogP contribution in [0, 0.1) is 5.82 Å². The van der Waals surface area contributed by atoms with E-state index in [0.717, 1.165) is 22.1 Å². The van der Waals surface area contributed by atoms with Gasteiger partial charge in [0.05, 0.1) is 4.90 Å². The molecule has 6 heteroatoms. The second-order valence-electron chi connectivity index (χ2n) is 3.91. The number of aromatic nitrogens is 2. The normalized spacial score (nSPS) is 12.7. The third kappa shape index (κ3) is 3.07. The van der Waals surface area contributed by atoms with E-state index in [2.05, 4.69) is 9.36 Å². The molecule has 0 bridgehead atoms. The van der Waals surface area contributed by atoms with Crippen molar-refractivity contribution < 1.29 is 4.39 Å². The van der Waals surface area contributed by atoms with Gasteiger partial charge in [0.15, 0.2) is 4.34 Å². The summed E-state index contributed by atoms with van der Waals surface area (Å²) in [6.07, 6.45) is 0.795. The van der Waals surface area contributed by atoms with Crippen LogP contribution in [-0.2, 0) is 6.42 Å². The van der Waals surface area contributed by atoms with Crippen molar-refractivity contribution in [3.8, 4) is 0 Å². The monoisotopic (exact) mass is 283 g/mol. The Hall–Kier alpha value is -0.980. The topological polar surface area (TPSA) is 51.8 Å². The number of aryl methyl sites for hydroxylation is 1.